The van der Waals surface area contributed by atoms with E-state index in [0.29, 0.717) is 22.6 Å². The molecule has 2 aliphatic heterocycles. The van der Waals surface area contributed by atoms with Crippen LogP contribution < -0.4 is 5.73 Å². The third-order valence-electron chi connectivity index (χ3n) is 5.41. The monoisotopic (exact) mass is 404 g/mol. The molecule has 2 bridgehead atoms. The lowest BCUT2D eigenvalue weighted by Crippen LogP contribution is -2.17. The fourth-order valence-electron chi connectivity index (χ4n) is 3.73. The number of nitrogens with zero attached hydrogens (tertiary/aromatic N) is 3. The minimum atomic E-state index is -1.64. The van der Waals surface area contributed by atoms with E-state index in [1.54, 1.807) is 25.3 Å². The maximum Gasteiger partial charge on any atom is 0.268 e. The van der Waals surface area contributed by atoms with Crippen molar-refractivity contribution in [2.24, 2.45) is 5.73 Å². The van der Waals surface area contributed by atoms with Gasteiger partial charge in [-0.25, -0.2) is 9.37 Å². The molecule has 6 rings (SSSR count). The highest BCUT2D eigenvalue weighted by Gasteiger charge is 2.33. The summed E-state index contributed by atoms with van der Waals surface area (Å²) in [5.41, 5.74) is 7.01. The van der Waals surface area contributed by atoms with Gasteiger partial charge in [-0.05, 0) is 43.5 Å². The summed E-state index contributed by atoms with van der Waals surface area (Å²) in [6.07, 6.45) is 4.36. The van der Waals surface area contributed by atoms with Crippen molar-refractivity contribution in [3.63, 3.8) is 0 Å². The van der Waals surface area contributed by atoms with Crippen LogP contribution in [0.25, 0.3) is 17.0 Å². The predicted octanol–water partition coefficient (Wildman–Crippen LogP) is 2.69. The smallest absolute Gasteiger partial charge is 0.268 e. The Hall–Kier alpha value is -3.70. The van der Waals surface area contributed by atoms with Gasteiger partial charge >= 0.3 is 0 Å². The summed E-state index contributed by atoms with van der Waals surface area (Å²) in [7, 11) is 0. The second-order valence-corrected chi connectivity index (χ2v) is 7.72. The van der Waals surface area contributed by atoms with Crippen LogP contribution in [-0.2, 0) is 5.60 Å². The van der Waals surface area contributed by atoms with Crippen molar-refractivity contribution in [1.82, 2.24) is 14.7 Å². The van der Waals surface area contributed by atoms with Crippen LogP contribution in [0.5, 0.6) is 0 Å². The van der Waals surface area contributed by atoms with E-state index < -0.39 is 17.3 Å². The van der Waals surface area contributed by atoms with Gasteiger partial charge in [0.15, 0.2) is 11.4 Å². The average molecular weight is 404 g/mol. The largest absolute Gasteiger partial charge is 0.371 e. The zero-order chi connectivity index (χ0) is 21.2. The lowest BCUT2D eigenvalue weighted by atomic mass is 9.86. The highest BCUT2D eigenvalue weighted by molar-refractivity contribution is 5.93. The van der Waals surface area contributed by atoms with Crippen LogP contribution in [0.2, 0.25) is 0 Å². The summed E-state index contributed by atoms with van der Waals surface area (Å²) in [6.45, 7) is 3.18. The molecule has 2 atom stereocenters. The normalized spacial score (nSPS) is 18.0. The lowest BCUT2D eigenvalue weighted by molar-refractivity contribution is 0.0872. The highest BCUT2D eigenvalue weighted by atomic mass is 19.1. The molecule has 150 valence electrons. The van der Waals surface area contributed by atoms with E-state index in [1.807, 2.05) is 10.6 Å². The highest BCUT2D eigenvalue weighted by Crippen LogP contribution is 2.47. The van der Waals surface area contributed by atoms with Gasteiger partial charge in [0.25, 0.3) is 5.91 Å². The van der Waals surface area contributed by atoms with E-state index in [9.17, 15) is 14.3 Å². The summed E-state index contributed by atoms with van der Waals surface area (Å²) in [5, 5.41) is 14.3. The fourth-order valence-corrected chi connectivity index (χ4v) is 3.73. The number of amides is 1. The van der Waals surface area contributed by atoms with Crippen LogP contribution in [0.1, 0.15) is 52.5 Å². The van der Waals surface area contributed by atoms with Gasteiger partial charge in [-0.3, -0.25) is 4.79 Å². The molecule has 7 nitrogen and oxygen atoms in total. The predicted molar refractivity (Wildman–Crippen MR) is 105 cm³/mol. The number of carbonyl (C=O) groups is 1. The standard InChI is InChI=1S/C22H17FN4O3/c1-11-5-19(30-26-11)22(2,29)4-3-12-8-16-15(9-17(12)23)13-6-14(7-13)27-10-18(20(24)28)25-21(16)27/h5-6,8-10,14,29H,7H2,1-2H3,(H2,24,28)/t14?,22-/m0/s1. The third kappa shape index (κ3) is 2.75. The summed E-state index contributed by atoms with van der Waals surface area (Å²) in [6, 6.07) is 4.63. The molecular weight excluding hydrogens is 387 g/mol. The first-order chi connectivity index (χ1) is 14.2. The van der Waals surface area contributed by atoms with Crippen LogP contribution in [0.15, 0.2) is 35.0 Å². The number of aromatic nitrogens is 3. The molecule has 0 saturated heterocycles. The molecule has 0 radical (unpaired) electrons. The number of allylic oxidation sites excluding steroid dienone is 2. The molecule has 1 aromatic carbocycles. The van der Waals surface area contributed by atoms with Gasteiger partial charge in [0.05, 0.1) is 17.3 Å². The van der Waals surface area contributed by atoms with Crippen LogP contribution in [0.3, 0.4) is 0 Å². The number of hydrogen-bond donors (Lipinski definition) is 2. The Bertz CT molecular complexity index is 1320. The van der Waals surface area contributed by atoms with Gasteiger partial charge in [-0.15, -0.1) is 0 Å². The Labute approximate surface area is 171 Å². The maximum absolute atomic E-state index is 14.8. The number of aryl methyl sites for hydroxylation is 1. The van der Waals surface area contributed by atoms with E-state index in [-0.39, 0.29) is 23.1 Å². The fraction of sp³-hybridized carbons (Fsp3) is 0.227. The molecule has 0 fully saturated rings. The molecule has 4 heterocycles. The van der Waals surface area contributed by atoms with Crippen LogP contribution in [-0.4, -0.2) is 25.7 Å². The maximum atomic E-state index is 14.8. The van der Waals surface area contributed by atoms with E-state index in [2.05, 4.69) is 22.0 Å². The van der Waals surface area contributed by atoms with E-state index >= 15 is 0 Å². The van der Waals surface area contributed by atoms with E-state index in [0.717, 1.165) is 12.0 Å². The zero-order valence-electron chi connectivity index (χ0n) is 16.2. The Morgan fingerprint density at radius 2 is 2.17 bits per heavy atom. The number of halogens is 1. The molecule has 0 saturated carbocycles. The number of rotatable bonds is 2. The first-order valence-electron chi connectivity index (χ1n) is 9.36. The van der Waals surface area contributed by atoms with Crippen molar-refractivity contribution in [3.05, 3.63) is 64.6 Å². The molecule has 1 unspecified atom stereocenters. The number of benzene rings is 1. The Morgan fingerprint density at radius 3 is 2.83 bits per heavy atom. The second-order valence-electron chi connectivity index (χ2n) is 7.72. The molecule has 8 heteroatoms. The summed E-state index contributed by atoms with van der Waals surface area (Å²) >= 11 is 0. The Balaban J connectivity index is 1.62. The van der Waals surface area contributed by atoms with Gasteiger partial charge in [0, 0.05) is 17.8 Å². The topological polar surface area (TPSA) is 107 Å². The minimum absolute atomic E-state index is 0.0519. The number of aliphatic hydroxyl groups is 1. The van der Waals surface area contributed by atoms with E-state index in [1.165, 1.54) is 13.0 Å². The molecular formula is C22H17FN4O3. The zero-order valence-corrected chi connectivity index (χ0v) is 16.2. The SMILES string of the molecule is Cc1cc([C@@](C)(O)C#Cc2cc3c(cc2F)C2=CC(C2)n2cc(C(N)=O)nc2-3)on1. The van der Waals surface area contributed by atoms with Gasteiger partial charge in [0.2, 0.25) is 0 Å². The molecule has 30 heavy (non-hydrogen) atoms. The molecule has 1 amide bonds. The number of imidazole rings is 1. The molecule has 0 spiro atoms. The van der Waals surface area contributed by atoms with Crippen LogP contribution >= 0.6 is 0 Å². The van der Waals surface area contributed by atoms with E-state index in [4.69, 9.17) is 10.3 Å². The second kappa shape index (κ2) is 6.15. The van der Waals surface area contributed by atoms with Gasteiger partial charge in [0.1, 0.15) is 17.3 Å². The van der Waals surface area contributed by atoms with Crippen molar-refractivity contribution in [1.29, 1.82) is 0 Å². The number of carbonyl (C=O) groups excluding carboxylic acids is 1. The third-order valence-corrected chi connectivity index (χ3v) is 5.41. The Kier molecular flexibility index (Phi) is 3.76. The number of hydrogen-bond acceptors (Lipinski definition) is 5. The first-order valence-corrected chi connectivity index (χ1v) is 9.36. The quantitative estimate of drug-likeness (QED) is 0.639. The van der Waals surface area contributed by atoms with Gasteiger partial charge < -0.3 is 19.9 Å². The minimum Gasteiger partial charge on any atom is -0.371 e. The first kappa shape index (κ1) is 18.3. The molecule has 3 aromatic rings. The Morgan fingerprint density at radius 1 is 1.40 bits per heavy atom. The summed E-state index contributed by atoms with van der Waals surface area (Å²) in [4.78, 5) is 16.0. The summed E-state index contributed by atoms with van der Waals surface area (Å²) in [5.74, 6) is 4.94. The van der Waals surface area contributed by atoms with Crippen molar-refractivity contribution in [3.8, 4) is 23.2 Å². The van der Waals surface area contributed by atoms with Crippen LogP contribution in [0.4, 0.5) is 4.39 Å². The molecule has 1 aliphatic carbocycles. The summed E-state index contributed by atoms with van der Waals surface area (Å²) < 4.78 is 21.8. The van der Waals surface area contributed by atoms with Crippen molar-refractivity contribution < 1.29 is 18.8 Å². The van der Waals surface area contributed by atoms with Crippen LogP contribution in [0, 0.1) is 24.6 Å². The lowest BCUT2D eigenvalue weighted by Gasteiger charge is -2.24. The average Bonchev–Trinajstić information content (AvgIpc) is 3.23. The van der Waals surface area contributed by atoms with Gasteiger partial charge in [-0.2, -0.15) is 0 Å². The molecule has 2 aromatic heterocycles. The molecule has 3 aliphatic rings. The molecule has 3 N–H and O–H groups in total. The van der Waals surface area contributed by atoms with Gasteiger partial charge in [-0.1, -0.05) is 23.1 Å². The number of primary amides is 1. The van der Waals surface area contributed by atoms with Crippen molar-refractivity contribution in [2.75, 3.05) is 0 Å². The van der Waals surface area contributed by atoms with Crippen molar-refractivity contribution >= 4 is 11.5 Å². The van der Waals surface area contributed by atoms with Crippen molar-refractivity contribution in [2.45, 2.75) is 31.9 Å². The number of nitrogens with two attached hydrogens (primary N) is 1.